The molecular weight excluding hydrogens is 238 g/mol. The van der Waals surface area contributed by atoms with Gasteiger partial charge in [-0.05, 0) is 18.9 Å². The zero-order chi connectivity index (χ0) is 12.3. The van der Waals surface area contributed by atoms with Crippen LogP contribution in [-0.4, -0.2) is 23.2 Å². The molecule has 5 heteroatoms. The number of pyridine rings is 1. The van der Waals surface area contributed by atoms with Crippen LogP contribution in [0.5, 0.6) is 0 Å². The van der Waals surface area contributed by atoms with Crippen molar-refractivity contribution in [2.75, 3.05) is 24.2 Å². The largest absolute Gasteiger partial charge is 0.397 e. The Balaban J connectivity index is 2.01. The summed E-state index contributed by atoms with van der Waals surface area (Å²) in [6, 6.07) is 1.68. The van der Waals surface area contributed by atoms with Gasteiger partial charge in [0, 0.05) is 12.0 Å². The van der Waals surface area contributed by atoms with Gasteiger partial charge in [-0.2, -0.15) is 0 Å². The number of nitrogen functional groups attached to an aromatic ring is 1. The van der Waals surface area contributed by atoms with Gasteiger partial charge in [0.25, 0.3) is 0 Å². The third-order valence-corrected chi connectivity index (χ3v) is 3.78. The van der Waals surface area contributed by atoms with Crippen molar-refractivity contribution in [3.8, 4) is 0 Å². The topological polar surface area (TPSA) is 71.2 Å². The van der Waals surface area contributed by atoms with Crippen molar-refractivity contribution >= 4 is 23.1 Å². The molecule has 0 saturated heterocycles. The second kappa shape index (κ2) is 5.10. The molecular formula is C12H18ClN3O. The van der Waals surface area contributed by atoms with Crippen LogP contribution in [0.15, 0.2) is 12.3 Å². The molecule has 1 aliphatic rings. The number of hydrogen-bond donors (Lipinski definition) is 3. The first kappa shape index (κ1) is 12.5. The third-order valence-electron chi connectivity index (χ3n) is 3.49. The van der Waals surface area contributed by atoms with Crippen molar-refractivity contribution < 1.29 is 5.11 Å². The smallest absolute Gasteiger partial charge is 0.144 e. The van der Waals surface area contributed by atoms with Gasteiger partial charge in [0.05, 0.1) is 23.5 Å². The molecule has 0 aromatic carbocycles. The zero-order valence-corrected chi connectivity index (χ0v) is 10.5. The van der Waals surface area contributed by atoms with Crippen LogP contribution in [0.25, 0.3) is 0 Å². The van der Waals surface area contributed by atoms with Gasteiger partial charge in [-0.15, -0.1) is 0 Å². The van der Waals surface area contributed by atoms with Crippen LogP contribution in [-0.2, 0) is 0 Å². The van der Waals surface area contributed by atoms with Gasteiger partial charge in [0.2, 0.25) is 0 Å². The van der Waals surface area contributed by atoms with Crippen molar-refractivity contribution in [2.45, 2.75) is 25.7 Å². The van der Waals surface area contributed by atoms with E-state index in [0.717, 1.165) is 12.8 Å². The molecule has 0 radical (unpaired) electrons. The van der Waals surface area contributed by atoms with E-state index in [1.165, 1.54) is 12.8 Å². The maximum absolute atomic E-state index is 9.49. The minimum Gasteiger partial charge on any atom is -0.397 e. The molecule has 17 heavy (non-hydrogen) atoms. The standard InChI is InChI=1S/C12H18ClN3O/c13-10-5-9(14)6-15-11(10)16-7-12(8-17)3-1-2-4-12/h5-6,17H,1-4,7-8,14H2,(H,15,16). The molecule has 0 unspecified atom stereocenters. The second-order valence-corrected chi connectivity index (χ2v) is 5.23. The highest BCUT2D eigenvalue weighted by molar-refractivity contribution is 6.33. The van der Waals surface area contributed by atoms with E-state index in [2.05, 4.69) is 10.3 Å². The van der Waals surface area contributed by atoms with E-state index < -0.39 is 0 Å². The predicted octanol–water partition coefficient (Wildman–Crippen LogP) is 2.28. The average Bonchev–Trinajstić information content (AvgIpc) is 2.77. The lowest BCUT2D eigenvalue weighted by Crippen LogP contribution is -2.30. The molecule has 0 bridgehead atoms. The third kappa shape index (κ3) is 2.82. The van der Waals surface area contributed by atoms with Crippen molar-refractivity contribution in [3.63, 3.8) is 0 Å². The summed E-state index contributed by atoms with van der Waals surface area (Å²) in [5.41, 5.74) is 6.13. The lowest BCUT2D eigenvalue weighted by atomic mass is 9.87. The van der Waals surface area contributed by atoms with Crippen molar-refractivity contribution in [3.05, 3.63) is 17.3 Å². The minimum absolute atomic E-state index is 0.00754. The first-order valence-electron chi connectivity index (χ1n) is 5.91. The molecule has 1 saturated carbocycles. The number of rotatable bonds is 4. The van der Waals surface area contributed by atoms with Gasteiger partial charge >= 0.3 is 0 Å². The highest BCUT2D eigenvalue weighted by Crippen LogP contribution is 2.38. The maximum atomic E-state index is 9.49. The fourth-order valence-corrected chi connectivity index (χ4v) is 2.61. The van der Waals surface area contributed by atoms with Crippen LogP contribution < -0.4 is 11.1 Å². The average molecular weight is 256 g/mol. The number of nitrogens with two attached hydrogens (primary N) is 1. The molecule has 94 valence electrons. The van der Waals surface area contributed by atoms with Crippen LogP contribution in [0.2, 0.25) is 5.02 Å². The van der Waals surface area contributed by atoms with E-state index in [-0.39, 0.29) is 12.0 Å². The highest BCUT2D eigenvalue weighted by Gasteiger charge is 2.33. The summed E-state index contributed by atoms with van der Waals surface area (Å²) < 4.78 is 0. The van der Waals surface area contributed by atoms with E-state index in [0.29, 0.717) is 23.1 Å². The van der Waals surface area contributed by atoms with Crippen LogP contribution in [0.1, 0.15) is 25.7 Å². The van der Waals surface area contributed by atoms with Gasteiger partial charge in [-0.3, -0.25) is 0 Å². The number of anilines is 2. The van der Waals surface area contributed by atoms with Gasteiger partial charge < -0.3 is 16.2 Å². The molecule has 4 nitrogen and oxygen atoms in total. The van der Waals surface area contributed by atoms with E-state index >= 15 is 0 Å². The fourth-order valence-electron chi connectivity index (χ4n) is 2.37. The zero-order valence-electron chi connectivity index (χ0n) is 9.75. The predicted molar refractivity (Wildman–Crippen MR) is 70.1 cm³/mol. The summed E-state index contributed by atoms with van der Waals surface area (Å²) in [6.07, 6.45) is 6.07. The number of aliphatic hydroxyl groups excluding tert-OH is 1. The van der Waals surface area contributed by atoms with Crippen LogP contribution in [0.4, 0.5) is 11.5 Å². The lowest BCUT2D eigenvalue weighted by Gasteiger charge is -2.27. The van der Waals surface area contributed by atoms with Gasteiger partial charge in [0.15, 0.2) is 0 Å². The molecule has 1 aromatic rings. The normalized spacial score (nSPS) is 18.2. The molecule has 2 rings (SSSR count). The Morgan fingerprint density at radius 1 is 1.47 bits per heavy atom. The molecule has 0 atom stereocenters. The molecule has 1 aromatic heterocycles. The number of hydrogen-bond acceptors (Lipinski definition) is 4. The first-order chi connectivity index (χ1) is 8.15. The highest BCUT2D eigenvalue weighted by atomic mass is 35.5. The maximum Gasteiger partial charge on any atom is 0.144 e. The fraction of sp³-hybridized carbons (Fsp3) is 0.583. The summed E-state index contributed by atoms with van der Waals surface area (Å²) >= 11 is 6.04. The quantitative estimate of drug-likeness (QED) is 0.772. The summed E-state index contributed by atoms with van der Waals surface area (Å²) in [5, 5.41) is 13.2. The number of halogens is 1. The Kier molecular flexibility index (Phi) is 3.74. The molecule has 1 aliphatic carbocycles. The first-order valence-corrected chi connectivity index (χ1v) is 6.29. The Morgan fingerprint density at radius 2 is 2.18 bits per heavy atom. The molecule has 1 heterocycles. The molecule has 0 spiro atoms. The summed E-state index contributed by atoms with van der Waals surface area (Å²) in [5.74, 6) is 0.639. The van der Waals surface area contributed by atoms with Crippen LogP contribution in [0.3, 0.4) is 0 Å². The van der Waals surface area contributed by atoms with Gasteiger partial charge in [0.1, 0.15) is 5.82 Å². The van der Waals surface area contributed by atoms with Crippen molar-refractivity contribution in [1.82, 2.24) is 4.98 Å². The van der Waals surface area contributed by atoms with Gasteiger partial charge in [-0.1, -0.05) is 24.4 Å². The van der Waals surface area contributed by atoms with Crippen molar-refractivity contribution in [1.29, 1.82) is 0 Å². The lowest BCUT2D eigenvalue weighted by molar-refractivity contribution is 0.142. The number of nitrogens with one attached hydrogen (secondary N) is 1. The summed E-state index contributed by atoms with van der Waals surface area (Å²) in [6.45, 7) is 0.923. The molecule has 0 amide bonds. The Hall–Kier alpha value is -1.00. The Bertz CT molecular complexity index is 391. The molecule has 4 N–H and O–H groups in total. The number of aliphatic hydroxyl groups is 1. The van der Waals surface area contributed by atoms with Gasteiger partial charge in [-0.25, -0.2) is 4.98 Å². The number of aromatic nitrogens is 1. The number of nitrogens with zero attached hydrogens (tertiary/aromatic N) is 1. The Morgan fingerprint density at radius 3 is 2.76 bits per heavy atom. The van der Waals surface area contributed by atoms with E-state index in [1.54, 1.807) is 12.3 Å². The molecule has 1 fully saturated rings. The molecule has 0 aliphatic heterocycles. The van der Waals surface area contributed by atoms with E-state index in [1.807, 2.05) is 0 Å². The monoisotopic (exact) mass is 255 g/mol. The van der Waals surface area contributed by atoms with Crippen LogP contribution >= 0.6 is 11.6 Å². The van der Waals surface area contributed by atoms with Crippen LogP contribution in [0, 0.1) is 5.41 Å². The minimum atomic E-state index is -0.00754. The summed E-state index contributed by atoms with van der Waals surface area (Å²) in [4.78, 5) is 4.15. The SMILES string of the molecule is Nc1cnc(NCC2(CO)CCCC2)c(Cl)c1. The van der Waals surface area contributed by atoms with E-state index in [4.69, 9.17) is 17.3 Å². The second-order valence-electron chi connectivity index (χ2n) is 4.82. The van der Waals surface area contributed by atoms with Crippen molar-refractivity contribution in [2.24, 2.45) is 5.41 Å². The Labute approximate surface area is 106 Å². The summed E-state index contributed by atoms with van der Waals surface area (Å²) in [7, 11) is 0. The van der Waals surface area contributed by atoms with E-state index in [9.17, 15) is 5.11 Å².